The molecule has 3 heterocycles. The van der Waals surface area contributed by atoms with E-state index in [1.165, 1.54) is 0 Å². The molecule has 0 radical (unpaired) electrons. The summed E-state index contributed by atoms with van der Waals surface area (Å²) in [6.45, 7) is 0.466. The number of hydrogen-bond donors (Lipinski definition) is 3. The Balaban J connectivity index is 1.50. The van der Waals surface area contributed by atoms with Crippen molar-refractivity contribution in [1.29, 1.82) is 0 Å². The lowest BCUT2D eigenvalue weighted by molar-refractivity contribution is -0.0102. The Morgan fingerprint density at radius 1 is 1.06 bits per heavy atom. The van der Waals surface area contributed by atoms with Crippen molar-refractivity contribution in [2.24, 2.45) is 0 Å². The molecule has 8 nitrogen and oxygen atoms in total. The number of benzene rings is 2. The van der Waals surface area contributed by atoms with Crippen LogP contribution in [0.5, 0.6) is 0 Å². The summed E-state index contributed by atoms with van der Waals surface area (Å²) in [7, 11) is 0. The fourth-order valence-electron chi connectivity index (χ4n) is 4.20. The first kappa shape index (κ1) is 22.9. The average Bonchev–Trinajstić information content (AvgIpc) is 3.11. The molecule has 1 aliphatic rings. The van der Waals surface area contributed by atoms with Gasteiger partial charge in [-0.1, -0.05) is 18.2 Å². The Morgan fingerprint density at radius 2 is 1.89 bits per heavy atom. The molecule has 0 atom stereocenters. The summed E-state index contributed by atoms with van der Waals surface area (Å²) in [5, 5.41) is 15.4. The number of nitrogens with one attached hydrogen (secondary N) is 2. The first-order valence-corrected chi connectivity index (χ1v) is 11.8. The Labute approximate surface area is 202 Å². The molecule has 1 saturated heterocycles. The number of halogens is 2. The number of carboxylic acid groups (broad SMARTS) is 1. The van der Waals surface area contributed by atoms with Crippen LogP contribution < -0.4 is 15.5 Å². The summed E-state index contributed by atoms with van der Waals surface area (Å²) < 4.78 is 32.8. The van der Waals surface area contributed by atoms with E-state index in [0.29, 0.717) is 35.4 Å². The summed E-state index contributed by atoms with van der Waals surface area (Å²) in [4.78, 5) is 30.9. The van der Waals surface area contributed by atoms with E-state index in [1.807, 2.05) is 24.3 Å². The standard InChI is InChI=1S/C24H21F2N5O3S/c25-24(26)8-3-10-31(11-9-24)21-17(12-14-4-1-2-5-18(14)28-21)22(32)27-15-6-7-19-16(13-15)20(30-35-19)29-23(33)34/h1-2,4-7,12-13H,3,8-11H2,(H,27,32)(H,29,30)(H,33,34). The molecule has 180 valence electrons. The molecule has 35 heavy (non-hydrogen) atoms. The second-order valence-corrected chi connectivity index (χ2v) is 9.18. The zero-order valence-corrected chi connectivity index (χ0v) is 19.2. The SMILES string of the molecule is O=C(O)Nc1nsc2ccc(NC(=O)c3cc4ccccc4nc3N3CCCC(F)(F)CC3)cc12. The number of rotatable bonds is 4. The zero-order chi connectivity index (χ0) is 24.6. The number of alkyl halides is 2. The highest BCUT2D eigenvalue weighted by atomic mass is 32.1. The number of fused-ring (bicyclic) bond motifs is 2. The van der Waals surface area contributed by atoms with Crippen LogP contribution in [-0.4, -0.2) is 45.5 Å². The Morgan fingerprint density at radius 3 is 2.71 bits per heavy atom. The summed E-state index contributed by atoms with van der Waals surface area (Å²) >= 11 is 1.14. The third-order valence-electron chi connectivity index (χ3n) is 5.92. The van der Waals surface area contributed by atoms with Gasteiger partial charge in [0.1, 0.15) is 5.82 Å². The van der Waals surface area contributed by atoms with Crippen LogP contribution in [0.15, 0.2) is 48.5 Å². The van der Waals surface area contributed by atoms with Gasteiger partial charge in [-0.3, -0.25) is 10.1 Å². The fraction of sp³-hybridized carbons (Fsp3) is 0.250. The van der Waals surface area contributed by atoms with E-state index in [4.69, 9.17) is 5.11 Å². The molecule has 11 heteroatoms. The van der Waals surface area contributed by atoms with Gasteiger partial charge in [0.15, 0.2) is 5.82 Å². The third kappa shape index (κ3) is 4.85. The summed E-state index contributed by atoms with van der Waals surface area (Å²) in [6, 6.07) is 14.1. The lowest BCUT2D eigenvalue weighted by Crippen LogP contribution is -2.29. The smallest absolute Gasteiger partial charge is 0.410 e. The minimum atomic E-state index is -2.74. The van der Waals surface area contributed by atoms with Crippen LogP contribution in [0.2, 0.25) is 0 Å². The van der Waals surface area contributed by atoms with Gasteiger partial charge < -0.3 is 15.3 Å². The summed E-state index contributed by atoms with van der Waals surface area (Å²) in [5.41, 5.74) is 1.39. The van der Waals surface area contributed by atoms with Crippen LogP contribution in [0.25, 0.3) is 21.0 Å². The van der Waals surface area contributed by atoms with Gasteiger partial charge >= 0.3 is 6.09 Å². The van der Waals surface area contributed by atoms with Crippen LogP contribution in [-0.2, 0) is 0 Å². The second-order valence-electron chi connectivity index (χ2n) is 8.38. The van der Waals surface area contributed by atoms with Gasteiger partial charge in [0, 0.05) is 42.4 Å². The molecule has 0 unspecified atom stereocenters. The van der Waals surface area contributed by atoms with Crippen molar-refractivity contribution >= 4 is 61.8 Å². The predicted octanol–water partition coefficient (Wildman–Crippen LogP) is 5.81. The molecule has 0 saturated carbocycles. The Kier molecular flexibility index (Phi) is 5.93. The number of anilines is 3. The van der Waals surface area contributed by atoms with Gasteiger partial charge in [0.2, 0.25) is 5.92 Å². The van der Waals surface area contributed by atoms with Gasteiger partial charge in [0.05, 0.1) is 15.8 Å². The number of pyridine rings is 1. The molecule has 1 fully saturated rings. The van der Waals surface area contributed by atoms with Crippen LogP contribution in [0.4, 0.5) is 30.9 Å². The molecule has 3 N–H and O–H groups in total. The third-order valence-corrected chi connectivity index (χ3v) is 6.75. The minimum absolute atomic E-state index is 0.0926. The number of hydrogen-bond acceptors (Lipinski definition) is 6. The maximum atomic E-state index is 14.0. The first-order valence-electron chi connectivity index (χ1n) is 11.0. The number of nitrogens with zero attached hydrogens (tertiary/aromatic N) is 3. The van der Waals surface area contributed by atoms with Gasteiger partial charge in [-0.05, 0) is 48.3 Å². The van der Waals surface area contributed by atoms with E-state index in [1.54, 1.807) is 29.2 Å². The Bertz CT molecular complexity index is 1440. The van der Waals surface area contributed by atoms with Crippen molar-refractivity contribution in [2.45, 2.75) is 25.2 Å². The lowest BCUT2D eigenvalue weighted by atomic mass is 10.1. The van der Waals surface area contributed by atoms with Crippen molar-refractivity contribution in [2.75, 3.05) is 28.6 Å². The fourth-order valence-corrected chi connectivity index (χ4v) is 4.91. The molecule has 2 aromatic carbocycles. The van der Waals surface area contributed by atoms with Crippen molar-refractivity contribution in [1.82, 2.24) is 9.36 Å². The predicted molar refractivity (Wildman–Crippen MR) is 132 cm³/mol. The highest BCUT2D eigenvalue weighted by Gasteiger charge is 2.33. The molecule has 2 amide bonds. The molecule has 0 bridgehead atoms. The highest BCUT2D eigenvalue weighted by molar-refractivity contribution is 7.13. The second kappa shape index (κ2) is 9.06. The van der Waals surface area contributed by atoms with Crippen molar-refractivity contribution in [3.05, 3.63) is 54.1 Å². The number of carbonyl (C=O) groups is 2. The highest BCUT2D eigenvalue weighted by Crippen LogP contribution is 2.33. The van der Waals surface area contributed by atoms with Crippen LogP contribution in [0, 0.1) is 0 Å². The van der Waals surface area contributed by atoms with E-state index in [9.17, 15) is 18.4 Å². The van der Waals surface area contributed by atoms with Gasteiger partial charge in [-0.25, -0.2) is 18.6 Å². The molecule has 0 aliphatic carbocycles. The topological polar surface area (TPSA) is 107 Å². The molecule has 0 spiro atoms. The maximum Gasteiger partial charge on any atom is 0.410 e. The number of aromatic nitrogens is 2. The average molecular weight is 498 g/mol. The van der Waals surface area contributed by atoms with E-state index < -0.39 is 17.9 Å². The molecule has 4 aromatic rings. The molecule has 1 aliphatic heterocycles. The van der Waals surface area contributed by atoms with Crippen LogP contribution in [0.1, 0.15) is 29.6 Å². The molecule has 5 rings (SSSR count). The largest absolute Gasteiger partial charge is 0.465 e. The van der Waals surface area contributed by atoms with Gasteiger partial charge in [-0.15, -0.1) is 0 Å². The van der Waals surface area contributed by atoms with Gasteiger partial charge in [-0.2, -0.15) is 4.37 Å². The van der Waals surface area contributed by atoms with Crippen LogP contribution >= 0.6 is 11.5 Å². The molecular weight excluding hydrogens is 476 g/mol. The monoisotopic (exact) mass is 497 g/mol. The summed E-state index contributed by atoms with van der Waals surface area (Å²) in [6.07, 6.45) is -1.44. The molecular formula is C24H21F2N5O3S. The number of para-hydroxylation sites is 1. The van der Waals surface area contributed by atoms with Crippen molar-refractivity contribution in [3.63, 3.8) is 0 Å². The van der Waals surface area contributed by atoms with E-state index in [-0.39, 0.29) is 30.8 Å². The normalized spacial score (nSPS) is 15.7. The van der Waals surface area contributed by atoms with Crippen molar-refractivity contribution in [3.8, 4) is 0 Å². The first-order chi connectivity index (χ1) is 16.8. The number of amides is 2. The maximum absolute atomic E-state index is 14.0. The molecule has 2 aromatic heterocycles. The van der Waals surface area contributed by atoms with Gasteiger partial charge in [0.25, 0.3) is 5.91 Å². The van der Waals surface area contributed by atoms with Crippen molar-refractivity contribution < 1.29 is 23.5 Å². The zero-order valence-electron chi connectivity index (χ0n) is 18.4. The van der Waals surface area contributed by atoms with E-state index in [0.717, 1.165) is 21.6 Å². The quantitative estimate of drug-likeness (QED) is 0.328. The van der Waals surface area contributed by atoms with E-state index >= 15 is 0 Å². The van der Waals surface area contributed by atoms with Crippen LogP contribution in [0.3, 0.4) is 0 Å². The van der Waals surface area contributed by atoms with E-state index in [2.05, 4.69) is 20.0 Å². The Hall–Kier alpha value is -3.86. The number of carbonyl (C=O) groups excluding carboxylic acids is 1. The summed E-state index contributed by atoms with van der Waals surface area (Å²) in [5.74, 6) is -2.62. The lowest BCUT2D eigenvalue weighted by Gasteiger charge is -2.24. The minimum Gasteiger partial charge on any atom is -0.465 e.